The van der Waals surface area contributed by atoms with Gasteiger partial charge in [0.15, 0.2) is 5.76 Å². The van der Waals surface area contributed by atoms with Crippen molar-refractivity contribution >= 4 is 6.01 Å². The normalized spacial score (nSPS) is 11.5. The maximum atomic E-state index is 11.9. The van der Waals surface area contributed by atoms with Crippen molar-refractivity contribution in [3.05, 3.63) is 30.5 Å². The molecule has 0 atom stereocenters. The molecule has 2 aromatic rings. The maximum absolute atomic E-state index is 11.9. The third kappa shape index (κ3) is 2.90. The molecule has 90 valence electrons. The van der Waals surface area contributed by atoms with Crippen LogP contribution < -0.4 is 10.5 Å². The van der Waals surface area contributed by atoms with Crippen LogP contribution >= 0.6 is 0 Å². The summed E-state index contributed by atoms with van der Waals surface area (Å²) in [6.45, 7) is 0. The fourth-order valence-electron chi connectivity index (χ4n) is 1.24. The quantitative estimate of drug-likeness (QED) is 0.882. The van der Waals surface area contributed by atoms with Crippen LogP contribution in [0.25, 0.3) is 11.3 Å². The number of oxazole rings is 1. The van der Waals surface area contributed by atoms with E-state index < -0.39 is 6.36 Å². The first-order chi connectivity index (χ1) is 7.94. The zero-order valence-electron chi connectivity index (χ0n) is 8.36. The number of nitrogens with two attached hydrogens (primary N) is 1. The van der Waals surface area contributed by atoms with Crippen LogP contribution in [0.4, 0.5) is 19.2 Å². The average Bonchev–Trinajstić information content (AvgIpc) is 2.63. The predicted molar refractivity (Wildman–Crippen MR) is 53.0 cm³/mol. The summed E-state index contributed by atoms with van der Waals surface area (Å²) in [6.07, 6.45) is -3.31. The minimum Gasteiger partial charge on any atom is -0.424 e. The maximum Gasteiger partial charge on any atom is 0.573 e. The molecular weight excluding hydrogens is 237 g/mol. The monoisotopic (exact) mass is 244 g/mol. The number of ether oxygens (including phenoxy) is 1. The van der Waals surface area contributed by atoms with Crippen LogP contribution in [-0.4, -0.2) is 11.3 Å². The molecule has 1 aromatic carbocycles. The van der Waals surface area contributed by atoms with Crippen molar-refractivity contribution in [1.82, 2.24) is 4.98 Å². The molecule has 0 saturated heterocycles. The molecule has 0 aliphatic rings. The molecule has 0 aliphatic heterocycles. The molecule has 7 heteroatoms. The van der Waals surface area contributed by atoms with Crippen LogP contribution in [0.5, 0.6) is 5.75 Å². The number of benzene rings is 1. The number of nitrogen functional groups attached to an aromatic ring is 1. The minimum atomic E-state index is -4.70. The van der Waals surface area contributed by atoms with Crippen molar-refractivity contribution in [2.24, 2.45) is 0 Å². The molecule has 0 aliphatic carbocycles. The lowest BCUT2D eigenvalue weighted by molar-refractivity contribution is -0.274. The lowest BCUT2D eigenvalue weighted by atomic mass is 10.2. The summed E-state index contributed by atoms with van der Waals surface area (Å²) < 4.78 is 44.4. The van der Waals surface area contributed by atoms with Crippen LogP contribution in [0.3, 0.4) is 0 Å². The van der Waals surface area contributed by atoms with E-state index in [1.807, 2.05) is 0 Å². The van der Waals surface area contributed by atoms with Gasteiger partial charge in [0.2, 0.25) is 0 Å². The van der Waals surface area contributed by atoms with E-state index in [0.29, 0.717) is 11.3 Å². The van der Waals surface area contributed by atoms with Gasteiger partial charge in [-0.25, -0.2) is 4.98 Å². The Morgan fingerprint density at radius 1 is 1.18 bits per heavy atom. The van der Waals surface area contributed by atoms with Gasteiger partial charge in [-0.3, -0.25) is 0 Å². The number of nitrogens with zero attached hydrogens (tertiary/aromatic N) is 1. The third-order valence-electron chi connectivity index (χ3n) is 1.90. The fraction of sp³-hybridized carbons (Fsp3) is 0.100. The molecule has 4 nitrogen and oxygen atoms in total. The van der Waals surface area contributed by atoms with Gasteiger partial charge in [-0.1, -0.05) is 0 Å². The number of aromatic nitrogens is 1. The Labute approximate surface area is 93.8 Å². The molecule has 0 radical (unpaired) electrons. The Bertz CT molecular complexity index is 505. The van der Waals surface area contributed by atoms with Gasteiger partial charge >= 0.3 is 6.36 Å². The molecule has 0 amide bonds. The number of hydrogen-bond donors (Lipinski definition) is 1. The molecular formula is C10H7F3N2O2. The average molecular weight is 244 g/mol. The lowest BCUT2D eigenvalue weighted by Crippen LogP contribution is -2.16. The molecule has 0 fully saturated rings. The minimum absolute atomic E-state index is 0.00406. The Morgan fingerprint density at radius 2 is 1.82 bits per heavy atom. The fourth-order valence-corrected chi connectivity index (χ4v) is 1.24. The number of hydrogen-bond acceptors (Lipinski definition) is 4. The Morgan fingerprint density at radius 3 is 2.29 bits per heavy atom. The second-order valence-corrected chi connectivity index (χ2v) is 3.13. The topological polar surface area (TPSA) is 61.3 Å². The van der Waals surface area contributed by atoms with Crippen molar-refractivity contribution in [2.75, 3.05) is 5.73 Å². The summed E-state index contributed by atoms with van der Waals surface area (Å²) in [6, 6.07) is 5.20. The summed E-state index contributed by atoms with van der Waals surface area (Å²) in [5.41, 5.74) is 5.84. The summed E-state index contributed by atoms with van der Waals surface area (Å²) in [5.74, 6) is 0.0785. The van der Waals surface area contributed by atoms with Crippen molar-refractivity contribution in [1.29, 1.82) is 0 Å². The number of halogens is 3. The van der Waals surface area contributed by atoms with E-state index in [1.165, 1.54) is 30.5 Å². The van der Waals surface area contributed by atoms with Gasteiger partial charge in [-0.2, -0.15) is 0 Å². The second kappa shape index (κ2) is 4.00. The summed E-state index contributed by atoms with van der Waals surface area (Å²) in [7, 11) is 0. The molecule has 0 saturated carbocycles. The van der Waals surface area contributed by atoms with Gasteiger partial charge in [0.05, 0.1) is 6.20 Å². The molecule has 1 heterocycles. The van der Waals surface area contributed by atoms with Gasteiger partial charge < -0.3 is 14.9 Å². The van der Waals surface area contributed by atoms with E-state index in [2.05, 4.69) is 9.72 Å². The van der Waals surface area contributed by atoms with Crippen LogP contribution in [0.1, 0.15) is 0 Å². The molecule has 0 unspecified atom stereocenters. The Hall–Kier alpha value is -2.18. The van der Waals surface area contributed by atoms with E-state index in [4.69, 9.17) is 10.2 Å². The van der Waals surface area contributed by atoms with E-state index in [9.17, 15) is 13.2 Å². The van der Waals surface area contributed by atoms with E-state index in [1.54, 1.807) is 0 Å². The summed E-state index contributed by atoms with van der Waals surface area (Å²) >= 11 is 0. The molecule has 1 aromatic heterocycles. The molecule has 0 spiro atoms. The van der Waals surface area contributed by atoms with Gasteiger partial charge in [0.1, 0.15) is 5.75 Å². The predicted octanol–water partition coefficient (Wildman–Crippen LogP) is 2.82. The van der Waals surface area contributed by atoms with E-state index in [-0.39, 0.29) is 11.8 Å². The van der Waals surface area contributed by atoms with Crippen LogP contribution in [0.15, 0.2) is 34.9 Å². The highest BCUT2D eigenvalue weighted by Crippen LogP contribution is 2.27. The standard InChI is InChI=1S/C10H7F3N2O2/c11-10(12,13)17-7-3-1-6(2-4-7)8-5-15-9(14)16-8/h1-5H,(H2,14,15). The van der Waals surface area contributed by atoms with Crippen molar-refractivity contribution < 1.29 is 22.3 Å². The lowest BCUT2D eigenvalue weighted by Gasteiger charge is -2.08. The number of rotatable bonds is 2. The first-order valence-electron chi connectivity index (χ1n) is 4.51. The van der Waals surface area contributed by atoms with Crippen LogP contribution in [0, 0.1) is 0 Å². The Kier molecular flexibility index (Phi) is 2.66. The summed E-state index contributed by atoms with van der Waals surface area (Å²) in [4.78, 5) is 3.67. The van der Waals surface area contributed by atoms with Gasteiger partial charge in [0.25, 0.3) is 6.01 Å². The molecule has 2 rings (SSSR count). The number of anilines is 1. The smallest absolute Gasteiger partial charge is 0.424 e. The second-order valence-electron chi connectivity index (χ2n) is 3.13. The van der Waals surface area contributed by atoms with Crippen LogP contribution in [0.2, 0.25) is 0 Å². The highest BCUT2D eigenvalue weighted by molar-refractivity contribution is 5.58. The highest BCUT2D eigenvalue weighted by atomic mass is 19.4. The zero-order chi connectivity index (χ0) is 12.5. The van der Waals surface area contributed by atoms with Crippen molar-refractivity contribution in [3.8, 4) is 17.1 Å². The largest absolute Gasteiger partial charge is 0.573 e. The van der Waals surface area contributed by atoms with Crippen molar-refractivity contribution in [3.63, 3.8) is 0 Å². The van der Waals surface area contributed by atoms with Gasteiger partial charge in [0, 0.05) is 5.56 Å². The molecule has 0 bridgehead atoms. The van der Waals surface area contributed by atoms with E-state index >= 15 is 0 Å². The Balaban J connectivity index is 2.19. The SMILES string of the molecule is Nc1ncc(-c2ccc(OC(F)(F)F)cc2)o1. The molecule has 2 N–H and O–H groups in total. The highest BCUT2D eigenvalue weighted by Gasteiger charge is 2.30. The van der Waals surface area contributed by atoms with Crippen molar-refractivity contribution in [2.45, 2.75) is 6.36 Å². The zero-order valence-corrected chi connectivity index (χ0v) is 8.36. The number of alkyl halides is 3. The molecule has 17 heavy (non-hydrogen) atoms. The summed E-state index contributed by atoms with van der Waals surface area (Å²) in [5, 5.41) is 0. The van der Waals surface area contributed by atoms with Gasteiger partial charge in [-0.05, 0) is 24.3 Å². The third-order valence-corrected chi connectivity index (χ3v) is 1.90. The first kappa shape index (κ1) is 11.3. The van der Waals surface area contributed by atoms with Gasteiger partial charge in [-0.15, -0.1) is 13.2 Å². The van der Waals surface area contributed by atoms with Crippen LogP contribution in [-0.2, 0) is 0 Å². The van der Waals surface area contributed by atoms with E-state index in [0.717, 1.165) is 0 Å². The first-order valence-corrected chi connectivity index (χ1v) is 4.51.